The van der Waals surface area contributed by atoms with Crippen LogP contribution in [0.3, 0.4) is 0 Å². The molecule has 0 spiro atoms. The van der Waals surface area contributed by atoms with Crippen LogP contribution >= 0.6 is 11.8 Å². The standard InChI is InChI=1S/C21H25N3O3S/c1-4-5-16-7-9-18(19(14-16)26-3)27-21-17(8-6-15(2)22-21)20(23-25)24-10-12-28-13-11-24/h4,6-9,14,25H,1,5,10-13H2,2-3H3/b23-20-. The number of benzene rings is 1. The molecule has 7 heteroatoms. The third-order valence-corrected chi connectivity index (χ3v) is 5.40. The predicted molar refractivity (Wildman–Crippen MR) is 113 cm³/mol. The number of allylic oxidation sites excluding steroid dienone is 1. The van der Waals surface area contributed by atoms with Crippen LogP contribution in [0.15, 0.2) is 48.1 Å². The summed E-state index contributed by atoms with van der Waals surface area (Å²) in [6, 6.07) is 9.52. The molecule has 2 heterocycles. The molecule has 0 atom stereocenters. The smallest absolute Gasteiger partial charge is 0.230 e. The van der Waals surface area contributed by atoms with Crippen LogP contribution in [0, 0.1) is 6.92 Å². The molecule has 1 aromatic carbocycles. The van der Waals surface area contributed by atoms with Crippen molar-refractivity contribution in [2.24, 2.45) is 5.16 Å². The monoisotopic (exact) mass is 399 g/mol. The number of ether oxygens (including phenoxy) is 2. The molecule has 0 unspecified atom stereocenters. The first-order valence-electron chi connectivity index (χ1n) is 9.14. The van der Waals surface area contributed by atoms with Gasteiger partial charge < -0.3 is 19.6 Å². The number of aromatic nitrogens is 1. The highest BCUT2D eigenvalue weighted by Gasteiger charge is 2.22. The van der Waals surface area contributed by atoms with Crippen LogP contribution in [0.4, 0.5) is 0 Å². The summed E-state index contributed by atoms with van der Waals surface area (Å²) in [4.78, 5) is 6.60. The van der Waals surface area contributed by atoms with E-state index in [2.05, 4.69) is 21.6 Å². The van der Waals surface area contributed by atoms with E-state index in [9.17, 15) is 5.21 Å². The molecule has 0 bridgehead atoms. The molecule has 6 nitrogen and oxygen atoms in total. The lowest BCUT2D eigenvalue weighted by Gasteiger charge is -2.29. The second-order valence-corrected chi connectivity index (χ2v) is 7.63. The zero-order valence-corrected chi connectivity index (χ0v) is 17.0. The Bertz CT molecular complexity index is 864. The van der Waals surface area contributed by atoms with E-state index in [-0.39, 0.29) is 0 Å². The zero-order valence-electron chi connectivity index (χ0n) is 16.2. The van der Waals surface area contributed by atoms with Crippen LogP contribution in [0.5, 0.6) is 17.4 Å². The van der Waals surface area contributed by atoms with E-state index in [0.717, 1.165) is 42.3 Å². The van der Waals surface area contributed by atoms with Gasteiger partial charge in [0.05, 0.1) is 12.7 Å². The molecule has 1 aromatic heterocycles. The van der Waals surface area contributed by atoms with Gasteiger partial charge in [0.2, 0.25) is 5.88 Å². The van der Waals surface area contributed by atoms with E-state index in [1.165, 1.54) is 0 Å². The number of hydrogen-bond donors (Lipinski definition) is 1. The highest BCUT2D eigenvalue weighted by Crippen LogP contribution is 2.34. The first kappa shape index (κ1) is 20.1. The molecule has 0 amide bonds. The van der Waals surface area contributed by atoms with Gasteiger partial charge in [0.15, 0.2) is 17.3 Å². The third-order valence-electron chi connectivity index (χ3n) is 4.46. The van der Waals surface area contributed by atoms with E-state index in [1.54, 1.807) is 7.11 Å². The van der Waals surface area contributed by atoms with Crippen LogP contribution in [-0.4, -0.2) is 52.6 Å². The van der Waals surface area contributed by atoms with Crippen LogP contribution < -0.4 is 9.47 Å². The molecular weight excluding hydrogens is 374 g/mol. The van der Waals surface area contributed by atoms with Crippen molar-refractivity contribution in [3.63, 3.8) is 0 Å². The number of nitrogens with zero attached hydrogens (tertiary/aromatic N) is 3. The normalized spacial score (nSPS) is 14.6. The van der Waals surface area contributed by atoms with Crippen molar-refractivity contribution in [3.05, 3.63) is 59.8 Å². The van der Waals surface area contributed by atoms with Crippen molar-refractivity contribution >= 4 is 17.6 Å². The number of pyridine rings is 1. The highest BCUT2D eigenvalue weighted by atomic mass is 32.2. The second kappa shape index (κ2) is 9.50. The van der Waals surface area contributed by atoms with Crippen LogP contribution in [0.1, 0.15) is 16.8 Å². The molecule has 0 aliphatic carbocycles. The molecule has 3 rings (SSSR count). The van der Waals surface area contributed by atoms with E-state index >= 15 is 0 Å². The number of amidine groups is 1. The molecule has 148 valence electrons. The minimum absolute atomic E-state index is 0.390. The second-order valence-electron chi connectivity index (χ2n) is 6.41. The van der Waals surface area contributed by atoms with Crippen molar-refractivity contribution in [1.82, 2.24) is 9.88 Å². The average molecular weight is 400 g/mol. The molecule has 1 saturated heterocycles. The highest BCUT2D eigenvalue weighted by molar-refractivity contribution is 7.99. The Kier molecular flexibility index (Phi) is 6.81. The van der Waals surface area contributed by atoms with E-state index < -0.39 is 0 Å². The number of hydrogen-bond acceptors (Lipinski definition) is 6. The lowest BCUT2D eigenvalue weighted by atomic mass is 10.1. The fourth-order valence-corrected chi connectivity index (χ4v) is 3.94. The Labute approximate surface area is 169 Å². The van der Waals surface area contributed by atoms with Crippen LogP contribution in [0.25, 0.3) is 0 Å². The number of aryl methyl sites for hydroxylation is 1. The fraction of sp³-hybridized carbons (Fsp3) is 0.333. The van der Waals surface area contributed by atoms with Gasteiger partial charge in [0, 0.05) is 30.3 Å². The van der Waals surface area contributed by atoms with Gasteiger partial charge in [-0.2, -0.15) is 11.8 Å². The van der Waals surface area contributed by atoms with Crippen molar-refractivity contribution < 1.29 is 14.7 Å². The molecule has 2 aromatic rings. The van der Waals surface area contributed by atoms with Gasteiger partial charge in [0.1, 0.15) is 0 Å². The van der Waals surface area contributed by atoms with Crippen LogP contribution in [-0.2, 0) is 6.42 Å². The maximum absolute atomic E-state index is 9.71. The van der Waals surface area contributed by atoms with Gasteiger partial charge in [-0.15, -0.1) is 6.58 Å². The molecule has 1 N–H and O–H groups in total. The Hall–Kier alpha value is -2.67. The molecule has 1 fully saturated rings. The van der Waals surface area contributed by atoms with Gasteiger partial charge in [-0.3, -0.25) is 0 Å². The molecular formula is C21H25N3O3S. The number of rotatable bonds is 6. The van der Waals surface area contributed by atoms with Crippen molar-refractivity contribution in [2.75, 3.05) is 31.7 Å². The van der Waals surface area contributed by atoms with Gasteiger partial charge in [-0.1, -0.05) is 17.3 Å². The van der Waals surface area contributed by atoms with Gasteiger partial charge in [-0.25, -0.2) is 4.98 Å². The summed E-state index contributed by atoms with van der Waals surface area (Å²) in [5.74, 6) is 4.03. The quantitative estimate of drug-likeness (QED) is 0.259. The van der Waals surface area contributed by atoms with Gasteiger partial charge in [0.25, 0.3) is 0 Å². The number of oxime groups is 1. The predicted octanol–water partition coefficient (Wildman–Crippen LogP) is 4.10. The number of methoxy groups -OCH3 is 1. The minimum atomic E-state index is 0.390. The Morgan fingerprint density at radius 3 is 2.75 bits per heavy atom. The Morgan fingerprint density at radius 1 is 1.29 bits per heavy atom. The molecule has 0 radical (unpaired) electrons. The molecule has 0 saturated carbocycles. The summed E-state index contributed by atoms with van der Waals surface area (Å²) in [7, 11) is 1.61. The Morgan fingerprint density at radius 2 is 2.07 bits per heavy atom. The largest absolute Gasteiger partial charge is 0.493 e. The van der Waals surface area contributed by atoms with Gasteiger partial charge >= 0.3 is 0 Å². The zero-order chi connectivity index (χ0) is 19.9. The topological polar surface area (TPSA) is 67.2 Å². The lowest BCUT2D eigenvalue weighted by Crippen LogP contribution is -2.38. The summed E-state index contributed by atoms with van der Waals surface area (Å²) in [6.45, 7) is 7.30. The van der Waals surface area contributed by atoms with Gasteiger partial charge in [-0.05, 0) is 43.2 Å². The van der Waals surface area contributed by atoms with E-state index in [0.29, 0.717) is 28.8 Å². The summed E-state index contributed by atoms with van der Waals surface area (Å²) in [5.41, 5.74) is 2.55. The number of thioether (sulfide) groups is 1. The molecule has 28 heavy (non-hydrogen) atoms. The average Bonchev–Trinajstić information content (AvgIpc) is 2.72. The molecule has 1 aliphatic rings. The lowest BCUT2D eigenvalue weighted by molar-refractivity contribution is 0.303. The summed E-state index contributed by atoms with van der Waals surface area (Å²) in [5, 5.41) is 13.3. The van der Waals surface area contributed by atoms with Crippen molar-refractivity contribution in [1.29, 1.82) is 0 Å². The van der Waals surface area contributed by atoms with Crippen LogP contribution in [0.2, 0.25) is 0 Å². The van der Waals surface area contributed by atoms with Crippen molar-refractivity contribution in [2.45, 2.75) is 13.3 Å². The first-order chi connectivity index (χ1) is 13.7. The molecule has 1 aliphatic heterocycles. The van der Waals surface area contributed by atoms with E-state index in [4.69, 9.17) is 9.47 Å². The Balaban J connectivity index is 1.96. The third kappa shape index (κ3) is 4.59. The maximum Gasteiger partial charge on any atom is 0.230 e. The van der Waals surface area contributed by atoms with Crippen molar-refractivity contribution in [3.8, 4) is 17.4 Å². The summed E-state index contributed by atoms with van der Waals surface area (Å²) in [6.07, 6.45) is 2.59. The van der Waals surface area contributed by atoms with E-state index in [1.807, 2.05) is 55.1 Å². The first-order valence-corrected chi connectivity index (χ1v) is 10.3. The maximum atomic E-state index is 9.71. The minimum Gasteiger partial charge on any atom is -0.493 e. The summed E-state index contributed by atoms with van der Waals surface area (Å²) >= 11 is 1.89. The SMILES string of the molecule is C=CCc1ccc(Oc2nc(C)ccc2/C(=N/O)N2CCSCC2)c(OC)c1. The summed E-state index contributed by atoms with van der Waals surface area (Å²) < 4.78 is 11.6. The fourth-order valence-electron chi connectivity index (χ4n) is 3.04.